The molecule has 2 rings (SSSR count). The van der Waals surface area contributed by atoms with Crippen LogP contribution in [0.4, 0.5) is 0 Å². The summed E-state index contributed by atoms with van der Waals surface area (Å²) in [6.07, 6.45) is 0. The van der Waals surface area contributed by atoms with Crippen molar-refractivity contribution in [2.24, 2.45) is 0 Å². The third kappa shape index (κ3) is 3.00. The van der Waals surface area contributed by atoms with Crippen LogP contribution < -0.4 is 4.74 Å². The number of ketones is 1. The number of hydrogen-bond acceptors (Lipinski definition) is 5. The maximum absolute atomic E-state index is 11.2. The fourth-order valence-electron chi connectivity index (χ4n) is 1.51. The highest BCUT2D eigenvalue weighted by Gasteiger charge is 2.10. The van der Waals surface area contributed by atoms with Crippen LogP contribution in [0, 0.1) is 6.92 Å². The van der Waals surface area contributed by atoms with Crippen molar-refractivity contribution >= 4 is 17.4 Å². The van der Waals surface area contributed by atoms with Crippen molar-refractivity contribution in [3.8, 4) is 17.4 Å². The largest absolute Gasteiger partial charge is 0.503 e. The van der Waals surface area contributed by atoms with Crippen molar-refractivity contribution < 1.29 is 14.6 Å². The average molecular weight is 279 g/mol. The molecular weight excluding hydrogens is 268 g/mol. The van der Waals surface area contributed by atoms with Crippen molar-refractivity contribution in [1.82, 2.24) is 10.2 Å². The summed E-state index contributed by atoms with van der Waals surface area (Å²) in [5, 5.41) is 16.9. The molecule has 0 radical (unpaired) electrons. The summed E-state index contributed by atoms with van der Waals surface area (Å²) in [6, 6.07) is 6.23. The first-order chi connectivity index (χ1) is 8.97. The quantitative estimate of drug-likeness (QED) is 0.873. The first-order valence-electron chi connectivity index (χ1n) is 5.49. The van der Waals surface area contributed by atoms with Crippen molar-refractivity contribution in [1.29, 1.82) is 0 Å². The standard InChI is InChI=1S/C13H11ClN2O3/c1-7-5-9(8(2)17)3-4-11(7)19-13-10(18)6-12(14)15-16-13/h3-6H,1-2H3,(H,15,18). The topological polar surface area (TPSA) is 72.3 Å². The zero-order valence-electron chi connectivity index (χ0n) is 10.3. The number of carbonyl (C=O) groups is 1. The maximum atomic E-state index is 11.2. The molecule has 1 heterocycles. The van der Waals surface area contributed by atoms with E-state index in [4.69, 9.17) is 16.3 Å². The normalized spacial score (nSPS) is 10.3. The molecule has 19 heavy (non-hydrogen) atoms. The van der Waals surface area contributed by atoms with E-state index < -0.39 is 0 Å². The van der Waals surface area contributed by atoms with E-state index >= 15 is 0 Å². The zero-order chi connectivity index (χ0) is 14.0. The Kier molecular flexibility index (Phi) is 3.66. The molecule has 1 N–H and O–H groups in total. The summed E-state index contributed by atoms with van der Waals surface area (Å²) in [6.45, 7) is 3.29. The van der Waals surface area contributed by atoms with E-state index in [1.807, 2.05) is 0 Å². The van der Waals surface area contributed by atoms with Crippen LogP contribution in [0.25, 0.3) is 0 Å². The lowest BCUT2D eigenvalue weighted by Gasteiger charge is -2.09. The second-order valence-electron chi connectivity index (χ2n) is 4.00. The van der Waals surface area contributed by atoms with Crippen molar-refractivity contribution in [3.63, 3.8) is 0 Å². The van der Waals surface area contributed by atoms with Gasteiger partial charge in [-0.1, -0.05) is 11.6 Å². The zero-order valence-corrected chi connectivity index (χ0v) is 11.1. The number of benzene rings is 1. The molecule has 0 aliphatic carbocycles. The van der Waals surface area contributed by atoms with Crippen LogP contribution >= 0.6 is 11.6 Å². The molecule has 0 aliphatic heterocycles. The molecule has 0 amide bonds. The third-order valence-corrected chi connectivity index (χ3v) is 2.68. The van der Waals surface area contributed by atoms with E-state index in [1.54, 1.807) is 25.1 Å². The molecule has 0 saturated carbocycles. The molecule has 0 fully saturated rings. The smallest absolute Gasteiger partial charge is 0.281 e. The number of aromatic hydroxyl groups is 1. The highest BCUT2D eigenvalue weighted by molar-refractivity contribution is 6.29. The Morgan fingerprint density at radius 2 is 2.05 bits per heavy atom. The van der Waals surface area contributed by atoms with Crippen LogP contribution in [0.3, 0.4) is 0 Å². The minimum atomic E-state index is -0.199. The number of halogens is 1. The van der Waals surface area contributed by atoms with Gasteiger partial charge < -0.3 is 9.84 Å². The highest BCUT2D eigenvalue weighted by Crippen LogP contribution is 2.31. The molecule has 0 atom stereocenters. The molecule has 0 saturated heterocycles. The number of ether oxygens (including phenoxy) is 1. The molecule has 98 valence electrons. The SMILES string of the molecule is CC(=O)c1ccc(Oc2nnc(Cl)cc2O)c(C)c1. The number of carbonyl (C=O) groups excluding carboxylic acids is 1. The van der Waals surface area contributed by atoms with Gasteiger partial charge in [0.05, 0.1) is 0 Å². The molecule has 0 aliphatic rings. The fourth-order valence-corrected chi connectivity index (χ4v) is 1.65. The van der Waals surface area contributed by atoms with Gasteiger partial charge in [0, 0.05) is 11.6 Å². The van der Waals surface area contributed by atoms with Crippen LogP contribution in [0.15, 0.2) is 24.3 Å². The van der Waals surface area contributed by atoms with E-state index in [1.165, 1.54) is 13.0 Å². The molecule has 1 aromatic carbocycles. The van der Waals surface area contributed by atoms with Gasteiger partial charge in [-0.3, -0.25) is 4.79 Å². The predicted molar refractivity (Wildman–Crippen MR) is 70.0 cm³/mol. The summed E-state index contributed by atoms with van der Waals surface area (Å²) >= 11 is 5.58. The molecule has 0 bridgehead atoms. The minimum Gasteiger partial charge on any atom is -0.503 e. The fraction of sp³-hybridized carbons (Fsp3) is 0.154. The predicted octanol–water partition coefficient (Wildman–Crippen LogP) is 3.14. The van der Waals surface area contributed by atoms with Gasteiger partial charge in [0.1, 0.15) is 5.75 Å². The molecular formula is C13H11ClN2O3. The van der Waals surface area contributed by atoms with Gasteiger partial charge in [0.15, 0.2) is 16.7 Å². The number of hydrogen-bond donors (Lipinski definition) is 1. The molecule has 0 unspecified atom stereocenters. The Labute approximate surface area is 114 Å². The van der Waals surface area contributed by atoms with E-state index in [2.05, 4.69) is 10.2 Å². The summed E-state index contributed by atoms with van der Waals surface area (Å²) < 4.78 is 5.44. The number of rotatable bonds is 3. The molecule has 6 heteroatoms. The van der Waals surface area contributed by atoms with Gasteiger partial charge in [0.2, 0.25) is 0 Å². The Morgan fingerprint density at radius 3 is 2.63 bits per heavy atom. The second kappa shape index (κ2) is 5.24. The minimum absolute atomic E-state index is 0.0243. The number of aryl methyl sites for hydroxylation is 1. The van der Waals surface area contributed by atoms with Crippen LogP contribution in [-0.4, -0.2) is 21.1 Å². The number of aromatic nitrogens is 2. The second-order valence-corrected chi connectivity index (χ2v) is 4.38. The van der Waals surface area contributed by atoms with Crippen LogP contribution in [-0.2, 0) is 0 Å². The third-order valence-electron chi connectivity index (χ3n) is 2.50. The average Bonchev–Trinajstić information content (AvgIpc) is 2.34. The van der Waals surface area contributed by atoms with Crippen molar-refractivity contribution in [2.45, 2.75) is 13.8 Å². The maximum Gasteiger partial charge on any atom is 0.281 e. The van der Waals surface area contributed by atoms with Gasteiger partial charge >= 0.3 is 0 Å². The lowest BCUT2D eigenvalue weighted by molar-refractivity contribution is 0.101. The van der Waals surface area contributed by atoms with E-state index in [0.717, 1.165) is 5.56 Å². The Bertz CT molecular complexity index is 644. The summed E-state index contributed by atoms with van der Waals surface area (Å²) in [5.74, 6) is 0.221. The number of Topliss-reactive ketones (excluding diaryl/α,β-unsaturated/α-hetero) is 1. The monoisotopic (exact) mass is 278 g/mol. The summed E-state index contributed by atoms with van der Waals surface area (Å²) in [5.41, 5.74) is 1.35. The Hall–Kier alpha value is -2.14. The lowest BCUT2D eigenvalue weighted by Crippen LogP contribution is -1.96. The van der Waals surface area contributed by atoms with Crippen molar-refractivity contribution in [2.75, 3.05) is 0 Å². The van der Waals surface area contributed by atoms with E-state index in [-0.39, 0.29) is 22.6 Å². The molecule has 1 aromatic heterocycles. The van der Waals surface area contributed by atoms with Crippen molar-refractivity contribution in [3.05, 3.63) is 40.5 Å². The van der Waals surface area contributed by atoms with Gasteiger partial charge in [-0.15, -0.1) is 10.2 Å². The Morgan fingerprint density at radius 1 is 1.32 bits per heavy atom. The van der Waals surface area contributed by atoms with Crippen LogP contribution in [0.5, 0.6) is 17.4 Å². The van der Waals surface area contributed by atoms with Gasteiger partial charge in [0.25, 0.3) is 5.88 Å². The van der Waals surface area contributed by atoms with Crippen LogP contribution in [0.2, 0.25) is 5.15 Å². The van der Waals surface area contributed by atoms with Gasteiger partial charge in [-0.05, 0) is 37.6 Å². The van der Waals surface area contributed by atoms with E-state index in [0.29, 0.717) is 11.3 Å². The van der Waals surface area contributed by atoms with Crippen LogP contribution in [0.1, 0.15) is 22.8 Å². The number of nitrogens with zero attached hydrogens (tertiary/aromatic N) is 2. The molecule has 0 spiro atoms. The van der Waals surface area contributed by atoms with E-state index in [9.17, 15) is 9.90 Å². The molecule has 5 nitrogen and oxygen atoms in total. The summed E-state index contributed by atoms with van der Waals surface area (Å²) in [7, 11) is 0. The summed E-state index contributed by atoms with van der Waals surface area (Å²) in [4.78, 5) is 11.2. The molecule has 2 aromatic rings. The van der Waals surface area contributed by atoms with Gasteiger partial charge in [-0.25, -0.2) is 0 Å². The first-order valence-corrected chi connectivity index (χ1v) is 5.87. The Balaban J connectivity index is 2.31. The first kappa shape index (κ1) is 13.3. The van der Waals surface area contributed by atoms with Gasteiger partial charge in [-0.2, -0.15) is 0 Å². The highest BCUT2D eigenvalue weighted by atomic mass is 35.5. The lowest BCUT2D eigenvalue weighted by atomic mass is 10.1.